The summed E-state index contributed by atoms with van der Waals surface area (Å²) in [6.45, 7) is 2.55. The third-order valence-electron chi connectivity index (χ3n) is 5.64. The predicted octanol–water partition coefficient (Wildman–Crippen LogP) is 2.05. The molecule has 30 heavy (non-hydrogen) atoms. The van der Waals surface area contributed by atoms with Gasteiger partial charge in [-0.1, -0.05) is 12.5 Å². The Bertz CT molecular complexity index is 977. The quantitative estimate of drug-likeness (QED) is 0.782. The zero-order chi connectivity index (χ0) is 21.0. The number of nitrogens with one attached hydrogen (secondary N) is 1. The Morgan fingerprint density at radius 2 is 1.77 bits per heavy atom. The zero-order valence-electron chi connectivity index (χ0n) is 16.9. The highest BCUT2D eigenvalue weighted by Crippen LogP contribution is 2.22. The van der Waals surface area contributed by atoms with Gasteiger partial charge in [-0.05, 0) is 49.9 Å². The lowest BCUT2D eigenvalue weighted by atomic mass is 10.1. The maximum atomic E-state index is 12.9. The number of anilines is 1. The summed E-state index contributed by atoms with van der Waals surface area (Å²) in [5.74, 6) is 0.401. The van der Waals surface area contributed by atoms with Crippen LogP contribution in [-0.4, -0.2) is 60.8 Å². The molecule has 1 N–H and O–H groups in total. The lowest BCUT2D eigenvalue weighted by molar-refractivity contribution is 0.0933. The number of amides is 1. The van der Waals surface area contributed by atoms with Crippen molar-refractivity contribution in [3.05, 3.63) is 48.3 Å². The Kier molecular flexibility index (Phi) is 6.29. The number of hydrogen-bond donors (Lipinski definition) is 1. The number of carbonyl (C=O) groups is 1. The number of piperidine rings is 2. The second-order valence-electron chi connectivity index (χ2n) is 7.80. The molecule has 0 spiro atoms. The lowest BCUT2D eigenvalue weighted by Gasteiger charge is -2.33. The number of hydrogen-bond acceptors (Lipinski definition) is 6. The highest BCUT2D eigenvalue weighted by atomic mass is 32.2. The van der Waals surface area contributed by atoms with Crippen LogP contribution in [-0.2, 0) is 10.0 Å². The van der Waals surface area contributed by atoms with Gasteiger partial charge in [0.05, 0.1) is 4.90 Å². The summed E-state index contributed by atoms with van der Waals surface area (Å²) in [4.78, 5) is 23.7. The number of rotatable bonds is 5. The third-order valence-corrected chi connectivity index (χ3v) is 7.54. The number of aromatic nitrogens is 2. The van der Waals surface area contributed by atoms with E-state index in [2.05, 4.69) is 20.2 Å². The average molecular weight is 430 g/mol. The Morgan fingerprint density at radius 1 is 1.00 bits per heavy atom. The van der Waals surface area contributed by atoms with Crippen LogP contribution in [0.15, 0.2) is 47.6 Å². The van der Waals surface area contributed by atoms with E-state index in [1.54, 1.807) is 36.7 Å². The molecule has 1 atom stereocenters. The minimum absolute atomic E-state index is 0.0441. The zero-order valence-corrected chi connectivity index (χ0v) is 17.7. The maximum absolute atomic E-state index is 12.9. The summed E-state index contributed by atoms with van der Waals surface area (Å²) in [6, 6.07) is 8.08. The molecule has 160 valence electrons. The molecule has 0 bridgehead atoms. The van der Waals surface area contributed by atoms with E-state index in [-0.39, 0.29) is 16.8 Å². The van der Waals surface area contributed by atoms with Crippen LogP contribution in [0, 0.1) is 0 Å². The fourth-order valence-electron chi connectivity index (χ4n) is 4.05. The molecule has 2 aromatic rings. The van der Waals surface area contributed by atoms with Gasteiger partial charge in [0.2, 0.25) is 16.0 Å². The largest absolute Gasteiger partial charge is 0.348 e. The highest BCUT2D eigenvalue weighted by molar-refractivity contribution is 7.89. The Labute approximate surface area is 177 Å². The number of benzene rings is 1. The molecule has 1 amide bonds. The number of nitrogens with zero attached hydrogens (tertiary/aromatic N) is 4. The molecule has 8 nitrogen and oxygen atoms in total. The van der Waals surface area contributed by atoms with E-state index in [9.17, 15) is 13.2 Å². The summed E-state index contributed by atoms with van der Waals surface area (Å²) in [5, 5.41) is 3.05. The van der Waals surface area contributed by atoms with Crippen LogP contribution in [0.3, 0.4) is 0 Å². The molecule has 1 aromatic heterocycles. The Hall–Kier alpha value is -2.52. The summed E-state index contributed by atoms with van der Waals surface area (Å²) in [7, 11) is -3.57. The van der Waals surface area contributed by atoms with Crippen molar-refractivity contribution in [3.8, 4) is 0 Å². The van der Waals surface area contributed by atoms with Gasteiger partial charge in [0.15, 0.2) is 0 Å². The Morgan fingerprint density at radius 3 is 2.53 bits per heavy atom. The molecule has 2 aliphatic heterocycles. The van der Waals surface area contributed by atoms with Crippen molar-refractivity contribution in [1.82, 2.24) is 19.6 Å². The molecule has 1 aromatic carbocycles. The van der Waals surface area contributed by atoms with Gasteiger partial charge in [-0.2, -0.15) is 4.31 Å². The molecule has 0 radical (unpaired) electrons. The van der Waals surface area contributed by atoms with Gasteiger partial charge in [0.1, 0.15) is 0 Å². The van der Waals surface area contributed by atoms with E-state index in [1.807, 2.05) is 0 Å². The fraction of sp³-hybridized carbons (Fsp3) is 0.476. The van der Waals surface area contributed by atoms with Crippen molar-refractivity contribution in [1.29, 1.82) is 0 Å². The standard InChI is InChI=1S/C21H27N5O3S/c27-20(24-18-8-5-12-25(16-18)21-22-10-6-11-23-21)17-7-4-9-19(15-17)30(28,29)26-13-2-1-3-14-26/h4,6-7,9-11,15,18H,1-3,5,8,12-14,16H2,(H,24,27). The summed E-state index contributed by atoms with van der Waals surface area (Å²) in [5.41, 5.74) is 0.362. The summed E-state index contributed by atoms with van der Waals surface area (Å²) >= 11 is 0. The molecular formula is C21H27N5O3S. The minimum Gasteiger partial charge on any atom is -0.348 e. The molecule has 0 saturated carbocycles. The maximum Gasteiger partial charge on any atom is 0.251 e. The molecular weight excluding hydrogens is 402 g/mol. The van der Waals surface area contributed by atoms with Gasteiger partial charge < -0.3 is 10.2 Å². The second kappa shape index (κ2) is 9.09. The SMILES string of the molecule is O=C(NC1CCCN(c2ncccn2)C1)c1cccc(S(=O)(=O)N2CCCCC2)c1. The van der Waals surface area contributed by atoms with Gasteiger partial charge >= 0.3 is 0 Å². The minimum atomic E-state index is -3.57. The summed E-state index contributed by atoms with van der Waals surface area (Å²) < 4.78 is 27.4. The van der Waals surface area contributed by atoms with E-state index in [1.165, 1.54) is 10.4 Å². The van der Waals surface area contributed by atoms with Crippen molar-refractivity contribution >= 4 is 21.9 Å². The molecule has 3 heterocycles. The van der Waals surface area contributed by atoms with Crippen molar-refractivity contribution in [2.75, 3.05) is 31.1 Å². The van der Waals surface area contributed by atoms with Crippen LogP contribution in [0.1, 0.15) is 42.5 Å². The van der Waals surface area contributed by atoms with Crippen LogP contribution in [0.25, 0.3) is 0 Å². The van der Waals surface area contributed by atoms with Gasteiger partial charge in [-0.15, -0.1) is 0 Å². The molecule has 2 fully saturated rings. The highest BCUT2D eigenvalue weighted by Gasteiger charge is 2.27. The molecule has 2 aliphatic rings. The molecule has 2 saturated heterocycles. The lowest BCUT2D eigenvalue weighted by Crippen LogP contribution is -2.48. The van der Waals surface area contributed by atoms with Crippen LogP contribution < -0.4 is 10.2 Å². The van der Waals surface area contributed by atoms with Crippen molar-refractivity contribution in [2.45, 2.75) is 43.0 Å². The van der Waals surface area contributed by atoms with Crippen LogP contribution in [0.4, 0.5) is 5.95 Å². The van der Waals surface area contributed by atoms with E-state index in [4.69, 9.17) is 0 Å². The first kappa shape index (κ1) is 20.7. The van der Waals surface area contributed by atoms with Crippen molar-refractivity contribution in [3.63, 3.8) is 0 Å². The summed E-state index contributed by atoms with van der Waals surface area (Å²) in [6.07, 6.45) is 8.01. The van der Waals surface area contributed by atoms with Crippen LogP contribution in [0.2, 0.25) is 0 Å². The average Bonchev–Trinajstić information content (AvgIpc) is 2.80. The third kappa shape index (κ3) is 4.62. The molecule has 9 heteroatoms. The first-order chi connectivity index (χ1) is 14.5. The molecule has 4 rings (SSSR count). The normalized spacial score (nSPS) is 20.7. The van der Waals surface area contributed by atoms with Gasteiger partial charge in [0.25, 0.3) is 5.91 Å². The van der Waals surface area contributed by atoms with Gasteiger partial charge in [-0.3, -0.25) is 4.79 Å². The van der Waals surface area contributed by atoms with E-state index < -0.39 is 10.0 Å². The first-order valence-corrected chi connectivity index (χ1v) is 11.9. The van der Waals surface area contributed by atoms with Crippen molar-refractivity contribution < 1.29 is 13.2 Å². The molecule has 0 aliphatic carbocycles. The first-order valence-electron chi connectivity index (χ1n) is 10.5. The van der Waals surface area contributed by atoms with E-state index >= 15 is 0 Å². The molecule has 1 unspecified atom stereocenters. The van der Waals surface area contributed by atoms with Crippen molar-refractivity contribution in [2.24, 2.45) is 0 Å². The second-order valence-corrected chi connectivity index (χ2v) is 9.74. The monoisotopic (exact) mass is 429 g/mol. The number of carbonyl (C=O) groups excluding carboxylic acids is 1. The van der Waals surface area contributed by atoms with E-state index in [0.29, 0.717) is 31.1 Å². The number of sulfonamides is 1. The van der Waals surface area contributed by atoms with Gasteiger partial charge in [0, 0.05) is 50.2 Å². The van der Waals surface area contributed by atoms with Crippen LogP contribution >= 0.6 is 0 Å². The van der Waals surface area contributed by atoms with Crippen LogP contribution in [0.5, 0.6) is 0 Å². The topological polar surface area (TPSA) is 95.5 Å². The van der Waals surface area contributed by atoms with E-state index in [0.717, 1.165) is 38.6 Å². The predicted molar refractivity (Wildman–Crippen MR) is 114 cm³/mol. The Balaban J connectivity index is 1.44. The smallest absolute Gasteiger partial charge is 0.251 e. The van der Waals surface area contributed by atoms with Gasteiger partial charge in [-0.25, -0.2) is 18.4 Å². The fourth-order valence-corrected chi connectivity index (χ4v) is 5.62.